The number of halogens is 1. The highest BCUT2D eigenvalue weighted by atomic mass is 35.5. The van der Waals surface area contributed by atoms with Gasteiger partial charge in [-0.05, 0) is 39.3 Å². The molecule has 2 heterocycles. The van der Waals surface area contributed by atoms with Crippen LogP contribution in [0.3, 0.4) is 0 Å². The van der Waals surface area contributed by atoms with Crippen LogP contribution in [0, 0.1) is 0 Å². The average molecular weight is 282 g/mol. The van der Waals surface area contributed by atoms with Gasteiger partial charge in [0, 0.05) is 30.9 Å². The van der Waals surface area contributed by atoms with Gasteiger partial charge in [-0.15, -0.1) is 0 Å². The Bertz CT molecular complexity index is 470. The molecule has 1 aromatic rings. The van der Waals surface area contributed by atoms with Crippen molar-refractivity contribution in [3.05, 3.63) is 29.0 Å². The number of rotatable bonds is 2. The van der Waals surface area contributed by atoms with Crippen LogP contribution in [0.1, 0.15) is 37.7 Å². The van der Waals surface area contributed by atoms with Crippen LogP contribution in [-0.2, 0) is 0 Å². The Kier molecular flexibility index (Phi) is 4.11. The largest absolute Gasteiger partial charge is 0.347 e. The van der Waals surface area contributed by atoms with Crippen molar-refractivity contribution in [2.75, 3.05) is 13.1 Å². The number of carbonyl (C=O) groups is 1. The summed E-state index contributed by atoms with van der Waals surface area (Å²) in [7, 11) is 0. The predicted molar refractivity (Wildman–Crippen MR) is 76.4 cm³/mol. The van der Waals surface area contributed by atoms with Gasteiger partial charge in [0.25, 0.3) is 5.91 Å². The minimum Gasteiger partial charge on any atom is -0.347 e. The summed E-state index contributed by atoms with van der Waals surface area (Å²) in [6, 6.07) is 3.57. The first kappa shape index (κ1) is 14.3. The number of hydrogen-bond donors (Lipinski definition) is 1. The van der Waals surface area contributed by atoms with Gasteiger partial charge in [-0.25, -0.2) is 4.98 Å². The number of nitrogens with one attached hydrogen (secondary N) is 1. The Labute approximate surface area is 119 Å². The van der Waals surface area contributed by atoms with Crippen molar-refractivity contribution in [3.63, 3.8) is 0 Å². The summed E-state index contributed by atoms with van der Waals surface area (Å²) in [5, 5.41) is 3.40. The summed E-state index contributed by atoms with van der Waals surface area (Å²) in [6.07, 6.45) is 2.55. The lowest BCUT2D eigenvalue weighted by atomic mass is 10.1. The first-order valence-electron chi connectivity index (χ1n) is 6.54. The van der Waals surface area contributed by atoms with Crippen molar-refractivity contribution in [2.45, 2.75) is 38.8 Å². The van der Waals surface area contributed by atoms with Crippen molar-refractivity contribution >= 4 is 17.5 Å². The van der Waals surface area contributed by atoms with E-state index in [9.17, 15) is 4.79 Å². The standard InChI is InChI=1S/C14H20ClN3O/c1-14(2,3)18-8-6-10(9-18)17-13(19)12-11(15)5-4-7-16-12/h4-5,7,10H,6,8-9H2,1-3H3,(H,17,19). The van der Waals surface area contributed by atoms with Gasteiger partial charge in [-0.3, -0.25) is 9.69 Å². The van der Waals surface area contributed by atoms with Crippen LogP contribution < -0.4 is 5.32 Å². The maximum absolute atomic E-state index is 12.1. The molecule has 1 N–H and O–H groups in total. The van der Waals surface area contributed by atoms with E-state index in [1.165, 1.54) is 0 Å². The van der Waals surface area contributed by atoms with Crippen LogP contribution in [0.15, 0.2) is 18.3 Å². The molecule has 2 rings (SSSR count). The van der Waals surface area contributed by atoms with Gasteiger partial charge in [-0.1, -0.05) is 11.6 Å². The second-order valence-electron chi connectivity index (χ2n) is 5.91. The van der Waals surface area contributed by atoms with Gasteiger partial charge in [0.1, 0.15) is 5.69 Å². The molecule has 1 amide bonds. The van der Waals surface area contributed by atoms with Gasteiger partial charge in [0.2, 0.25) is 0 Å². The number of likely N-dealkylation sites (tertiary alicyclic amines) is 1. The zero-order valence-electron chi connectivity index (χ0n) is 11.6. The zero-order valence-corrected chi connectivity index (χ0v) is 12.4. The number of amides is 1. The first-order chi connectivity index (χ1) is 8.88. The fourth-order valence-corrected chi connectivity index (χ4v) is 2.50. The Morgan fingerprint density at radius 1 is 1.53 bits per heavy atom. The SMILES string of the molecule is CC(C)(C)N1CCC(NC(=O)c2ncccc2Cl)C1. The Morgan fingerprint density at radius 2 is 2.26 bits per heavy atom. The summed E-state index contributed by atoms with van der Waals surface area (Å²) in [4.78, 5) is 18.5. The molecule has 1 fully saturated rings. The molecule has 0 radical (unpaired) electrons. The van der Waals surface area contributed by atoms with Crippen molar-refractivity contribution in [1.82, 2.24) is 15.2 Å². The molecule has 0 bridgehead atoms. The third-order valence-electron chi connectivity index (χ3n) is 3.45. The lowest BCUT2D eigenvalue weighted by molar-refractivity contribution is 0.0927. The second kappa shape index (κ2) is 5.47. The van der Waals surface area contributed by atoms with Crippen molar-refractivity contribution < 1.29 is 4.79 Å². The number of hydrogen-bond acceptors (Lipinski definition) is 3. The van der Waals surface area contributed by atoms with Crippen LogP contribution >= 0.6 is 11.6 Å². The van der Waals surface area contributed by atoms with Crippen LogP contribution in [0.4, 0.5) is 0 Å². The number of carbonyl (C=O) groups excluding carboxylic acids is 1. The molecule has 1 saturated heterocycles. The topological polar surface area (TPSA) is 45.2 Å². The maximum Gasteiger partial charge on any atom is 0.271 e. The summed E-state index contributed by atoms with van der Waals surface area (Å²) in [6.45, 7) is 8.44. The smallest absolute Gasteiger partial charge is 0.271 e. The monoisotopic (exact) mass is 281 g/mol. The summed E-state index contributed by atoms with van der Waals surface area (Å²) >= 11 is 5.97. The molecule has 1 unspecified atom stereocenters. The van der Waals surface area contributed by atoms with E-state index in [0.29, 0.717) is 10.7 Å². The van der Waals surface area contributed by atoms with Crippen LogP contribution in [0.25, 0.3) is 0 Å². The van der Waals surface area contributed by atoms with Crippen LogP contribution in [-0.4, -0.2) is 40.5 Å². The molecule has 0 aliphatic carbocycles. The Balaban J connectivity index is 1.97. The van der Waals surface area contributed by atoms with Gasteiger partial charge in [0.15, 0.2) is 0 Å². The van der Waals surface area contributed by atoms with Crippen LogP contribution in [0.2, 0.25) is 5.02 Å². The summed E-state index contributed by atoms with van der Waals surface area (Å²) in [5.74, 6) is -0.189. The molecular formula is C14H20ClN3O. The van der Waals surface area contributed by atoms with Gasteiger partial charge in [0.05, 0.1) is 5.02 Å². The number of pyridine rings is 1. The fraction of sp³-hybridized carbons (Fsp3) is 0.571. The molecule has 0 spiro atoms. The van der Waals surface area contributed by atoms with E-state index in [2.05, 4.69) is 36.0 Å². The fourth-order valence-electron chi connectivity index (χ4n) is 2.29. The highest BCUT2D eigenvalue weighted by molar-refractivity contribution is 6.33. The molecule has 19 heavy (non-hydrogen) atoms. The minimum atomic E-state index is -0.189. The van der Waals surface area contributed by atoms with E-state index in [0.717, 1.165) is 19.5 Å². The molecule has 0 aromatic carbocycles. The highest BCUT2D eigenvalue weighted by Gasteiger charge is 2.31. The van der Waals surface area contributed by atoms with E-state index in [1.54, 1.807) is 18.3 Å². The lowest BCUT2D eigenvalue weighted by Crippen LogP contribution is -2.43. The molecule has 0 saturated carbocycles. The summed E-state index contributed by atoms with van der Waals surface area (Å²) in [5.41, 5.74) is 0.445. The molecular weight excluding hydrogens is 262 g/mol. The van der Waals surface area contributed by atoms with E-state index in [4.69, 9.17) is 11.6 Å². The summed E-state index contributed by atoms with van der Waals surface area (Å²) < 4.78 is 0. The average Bonchev–Trinajstić information content (AvgIpc) is 2.77. The number of nitrogens with zero attached hydrogens (tertiary/aromatic N) is 2. The van der Waals surface area contributed by atoms with Gasteiger partial charge in [-0.2, -0.15) is 0 Å². The van der Waals surface area contributed by atoms with Gasteiger partial charge >= 0.3 is 0 Å². The number of aromatic nitrogens is 1. The second-order valence-corrected chi connectivity index (χ2v) is 6.32. The zero-order chi connectivity index (χ0) is 14.0. The Hall–Kier alpha value is -1.13. The molecule has 1 aromatic heterocycles. The molecule has 4 nitrogen and oxygen atoms in total. The lowest BCUT2D eigenvalue weighted by Gasteiger charge is -2.31. The highest BCUT2D eigenvalue weighted by Crippen LogP contribution is 2.21. The molecule has 5 heteroatoms. The van der Waals surface area contributed by atoms with Crippen molar-refractivity contribution in [3.8, 4) is 0 Å². The van der Waals surface area contributed by atoms with Crippen molar-refractivity contribution in [1.29, 1.82) is 0 Å². The van der Waals surface area contributed by atoms with Crippen molar-refractivity contribution in [2.24, 2.45) is 0 Å². The molecule has 1 atom stereocenters. The molecule has 104 valence electrons. The molecule has 1 aliphatic rings. The molecule has 1 aliphatic heterocycles. The first-order valence-corrected chi connectivity index (χ1v) is 6.92. The predicted octanol–water partition coefficient (Wildman–Crippen LogP) is 2.34. The normalized spacial score (nSPS) is 20.5. The van der Waals surface area contributed by atoms with Gasteiger partial charge < -0.3 is 5.32 Å². The van der Waals surface area contributed by atoms with E-state index in [-0.39, 0.29) is 17.5 Å². The van der Waals surface area contributed by atoms with Crippen LogP contribution in [0.5, 0.6) is 0 Å². The minimum absolute atomic E-state index is 0.141. The van der Waals surface area contributed by atoms with E-state index >= 15 is 0 Å². The third-order valence-corrected chi connectivity index (χ3v) is 3.75. The Morgan fingerprint density at radius 3 is 2.84 bits per heavy atom. The van der Waals surface area contributed by atoms with E-state index in [1.807, 2.05) is 0 Å². The maximum atomic E-state index is 12.1. The van der Waals surface area contributed by atoms with E-state index < -0.39 is 0 Å². The third kappa shape index (κ3) is 3.45. The quantitative estimate of drug-likeness (QED) is 0.905.